The predicted octanol–water partition coefficient (Wildman–Crippen LogP) is 5.64. The zero-order valence-electron chi connectivity index (χ0n) is 24.7. The largest absolute Gasteiger partial charge is 0.492 e. The molecule has 5 rings (SSSR count). The number of halogens is 1. The molecule has 9 nitrogen and oxygen atoms in total. The van der Waals surface area contributed by atoms with E-state index in [1.54, 1.807) is 84.9 Å². The Bertz CT molecular complexity index is 1850. The van der Waals surface area contributed by atoms with Gasteiger partial charge in [0, 0.05) is 23.7 Å². The molecule has 0 atom stereocenters. The SMILES string of the molecule is Cc1ccc(Cl)cc1N(Cc1ccc(C(=O)NCCOc2ccc(S(=O)(=O)N3CCCC3)cc2)cc1)S(=O)(=O)c1ccccc1. The van der Waals surface area contributed by atoms with E-state index in [0.717, 1.165) is 18.4 Å². The number of aryl methyl sites for hydroxylation is 1. The second kappa shape index (κ2) is 14.0. The van der Waals surface area contributed by atoms with Crippen LogP contribution in [-0.4, -0.2) is 53.3 Å². The molecule has 12 heteroatoms. The summed E-state index contributed by atoms with van der Waals surface area (Å²) in [4.78, 5) is 13.2. The zero-order valence-corrected chi connectivity index (χ0v) is 27.1. The summed E-state index contributed by atoms with van der Waals surface area (Å²) in [5.74, 6) is 0.190. The van der Waals surface area contributed by atoms with Crippen molar-refractivity contribution >= 4 is 43.2 Å². The van der Waals surface area contributed by atoms with Crippen molar-refractivity contribution in [2.45, 2.75) is 36.1 Å². The van der Waals surface area contributed by atoms with Crippen molar-refractivity contribution in [3.05, 3.63) is 119 Å². The van der Waals surface area contributed by atoms with Gasteiger partial charge in [0.1, 0.15) is 12.4 Å². The molecule has 4 aromatic carbocycles. The summed E-state index contributed by atoms with van der Waals surface area (Å²) in [6, 6.07) is 26.3. The van der Waals surface area contributed by atoms with Gasteiger partial charge in [0.25, 0.3) is 15.9 Å². The molecule has 236 valence electrons. The van der Waals surface area contributed by atoms with Gasteiger partial charge in [-0.3, -0.25) is 9.10 Å². The number of hydrogen-bond donors (Lipinski definition) is 1. The van der Waals surface area contributed by atoms with Crippen LogP contribution in [0.25, 0.3) is 0 Å². The molecule has 0 aliphatic carbocycles. The second-order valence-electron chi connectivity index (χ2n) is 10.6. The van der Waals surface area contributed by atoms with Crippen LogP contribution in [0.2, 0.25) is 5.02 Å². The second-order valence-corrected chi connectivity index (χ2v) is 14.9. The molecule has 1 saturated heterocycles. The third kappa shape index (κ3) is 7.67. The average Bonchev–Trinajstić information content (AvgIpc) is 3.60. The van der Waals surface area contributed by atoms with E-state index in [4.69, 9.17) is 16.3 Å². The first-order valence-electron chi connectivity index (χ1n) is 14.5. The van der Waals surface area contributed by atoms with Crippen molar-refractivity contribution in [1.82, 2.24) is 9.62 Å². The van der Waals surface area contributed by atoms with Gasteiger partial charge in [-0.1, -0.05) is 48.0 Å². The van der Waals surface area contributed by atoms with Gasteiger partial charge < -0.3 is 10.1 Å². The van der Waals surface area contributed by atoms with Gasteiger partial charge in [-0.2, -0.15) is 4.31 Å². The molecule has 0 unspecified atom stereocenters. The van der Waals surface area contributed by atoms with Crippen LogP contribution in [0, 0.1) is 6.92 Å². The summed E-state index contributed by atoms with van der Waals surface area (Å²) in [6.45, 7) is 3.36. The Morgan fingerprint density at radius 3 is 2.20 bits per heavy atom. The van der Waals surface area contributed by atoms with Gasteiger partial charge in [0.2, 0.25) is 10.0 Å². The van der Waals surface area contributed by atoms with Crippen LogP contribution in [-0.2, 0) is 26.6 Å². The van der Waals surface area contributed by atoms with Gasteiger partial charge in [0.15, 0.2) is 0 Å². The molecule has 0 bridgehead atoms. The standard InChI is InChI=1S/C33H34ClN3O6S2/c1-25-9-14-28(34)23-32(25)37(45(41,42)30-7-3-2-4-8-30)24-26-10-12-27(13-11-26)33(38)35-19-22-43-29-15-17-31(18-16-29)44(39,40)36-20-5-6-21-36/h2-4,7-18,23H,5-6,19-22,24H2,1H3,(H,35,38). The lowest BCUT2D eigenvalue weighted by Gasteiger charge is -2.26. The van der Waals surface area contributed by atoms with E-state index in [2.05, 4.69) is 5.32 Å². The summed E-state index contributed by atoms with van der Waals surface area (Å²) in [5.41, 5.74) is 2.31. The number of anilines is 1. The fourth-order valence-electron chi connectivity index (χ4n) is 5.02. The minimum atomic E-state index is -3.92. The number of carbonyl (C=O) groups excluding carboxylic acids is 1. The average molecular weight is 668 g/mol. The molecule has 4 aromatic rings. The molecule has 1 amide bonds. The van der Waals surface area contributed by atoms with Gasteiger partial charge in [-0.15, -0.1) is 0 Å². The number of amides is 1. The fourth-order valence-corrected chi connectivity index (χ4v) is 8.23. The zero-order chi connectivity index (χ0) is 32.0. The molecule has 1 N–H and O–H groups in total. The van der Waals surface area contributed by atoms with Crippen molar-refractivity contribution in [2.24, 2.45) is 0 Å². The molecule has 1 aliphatic rings. The van der Waals surface area contributed by atoms with Crippen LogP contribution in [0.5, 0.6) is 5.75 Å². The summed E-state index contributed by atoms with van der Waals surface area (Å²) < 4.78 is 61.3. The molecular weight excluding hydrogens is 634 g/mol. The lowest BCUT2D eigenvalue weighted by Crippen LogP contribution is -2.31. The number of rotatable bonds is 12. The molecule has 0 saturated carbocycles. The summed E-state index contributed by atoms with van der Waals surface area (Å²) in [6.07, 6.45) is 1.75. The topological polar surface area (TPSA) is 113 Å². The number of nitrogens with one attached hydrogen (secondary N) is 1. The van der Waals surface area contributed by atoms with Gasteiger partial charge >= 0.3 is 0 Å². The van der Waals surface area contributed by atoms with Crippen molar-refractivity contribution in [1.29, 1.82) is 0 Å². The number of sulfonamides is 2. The lowest BCUT2D eigenvalue weighted by atomic mass is 10.1. The fraction of sp³-hybridized carbons (Fsp3) is 0.242. The normalized spacial score (nSPS) is 13.8. The maximum absolute atomic E-state index is 13.7. The van der Waals surface area contributed by atoms with Crippen molar-refractivity contribution in [2.75, 3.05) is 30.5 Å². The van der Waals surface area contributed by atoms with Crippen LogP contribution >= 0.6 is 11.6 Å². The first kappa shape index (κ1) is 32.5. The Morgan fingerprint density at radius 2 is 1.53 bits per heavy atom. The Balaban J connectivity index is 1.19. The van der Waals surface area contributed by atoms with E-state index in [1.165, 1.54) is 20.7 Å². The Hall–Kier alpha value is -3.90. The van der Waals surface area contributed by atoms with Crippen LogP contribution in [0.3, 0.4) is 0 Å². The van der Waals surface area contributed by atoms with E-state index >= 15 is 0 Å². The monoisotopic (exact) mass is 667 g/mol. The lowest BCUT2D eigenvalue weighted by molar-refractivity contribution is 0.0947. The molecule has 1 heterocycles. The van der Waals surface area contributed by atoms with Crippen LogP contribution < -0.4 is 14.4 Å². The Kier molecular flexibility index (Phi) is 10.1. The molecule has 0 radical (unpaired) electrons. The van der Waals surface area contributed by atoms with Crippen molar-refractivity contribution in [3.8, 4) is 5.75 Å². The maximum Gasteiger partial charge on any atom is 0.264 e. The minimum Gasteiger partial charge on any atom is -0.492 e. The Labute approximate surface area is 269 Å². The first-order valence-corrected chi connectivity index (χ1v) is 17.8. The number of ether oxygens (including phenoxy) is 1. The van der Waals surface area contributed by atoms with Crippen molar-refractivity contribution in [3.63, 3.8) is 0 Å². The predicted molar refractivity (Wildman–Crippen MR) is 175 cm³/mol. The van der Waals surface area contributed by atoms with E-state index in [-0.39, 0.29) is 35.4 Å². The number of benzene rings is 4. The number of carbonyl (C=O) groups is 1. The molecular formula is C33H34ClN3O6S2. The molecule has 45 heavy (non-hydrogen) atoms. The smallest absolute Gasteiger partial charge is 0.264 e. The quantitative estimate of drug-likeness (QED) is 0.196. The number of hydrogen-bond acceptors (Lipinski definition) is 6. The third-order valence-corrected chi connectivity index (χ3v) is 11.4. The van der Waals surface area contributed by atoms with Gasteiger partial charge in [-0.05, 0) is 91.6 Å². The maximum atomic E-state index is 13.7. The van der Waals surface area contributed by atoms with Gasteiger partial charge in [-0.25, -0.2) is 16.8 Å². The molecule has 0 aromatic heterocycles. The van der Waals surface area contributed by atoms with Crippen LogP contribution in [0.1, 0.15) is 34.3 Å². The summed E-state index contributed by atoms with van der Waals surface area (Å²) in [5, 5.41) is 3.22. The first-order chi connectivity index (χ1) is 21.6. The highest BCUT2D eigenvalue weighted by Gasteiger charge is 2.28. The third-order valence-electron chi connectivity index (χ3n) is 7.50. The Morgan fingerprint density at radius 1 is 0.867 bits per heavy atom. The van der Waals surface area contributed by atoms with E-state index in [9.17, 15) is 21.6 Å². The molecule has 0 spiro atoms. The highest BCUT2D eigenvalue weighted by Crippen LogP contribution is 2.31. The van der Waals surface area contributed by atoms with Crippen LogP contribution in [0.15, 0.2) is 107 Å². The van der Waals surface area contributed by atoms with Crippen LogP contribution in [0.4, 0.5) is 5.69 Å². The minimum absolute atomic E-state index is 0.0340. The summed E-state index contributed by atoms with van der Waals surface area (Å²) in [7, 11) is -7.41. The van der Waals surface area contributed by atoms with E-state index < -0.39 is 20.0 Å². The highest BCUT2D eigenvalue weighted by atomic mass is 35.5. The highest BCUT2D eigenvalue weighted by molar-refractivity contribution is 7.92. The molecule has 1 fully saturated rings. The van der Waals surface area contributed by atoms with E-state index in [1.807, 2.05) is 6.92 Å². The van der Waals surface area contributed by atoms with Crippen molar-refractivity contribution < 1.29 is 26.4 Å². The van der Waals surface area contributed by atoms with Gasteiger partial charge in [0.05, 0.1) is 28.6 Å². The molecule has 1 aliphatic heterocycles. The number of nitrogens with zero attached hydrogens (tertiary/aromatic N) is 2. The van der Waals surface area contributed by atoms with E-state index in [0.29, 0.717) is 40.7 Å². The summed E-state index contributed by atoms with van der Waals surface area (Å²) >= 11 is 6.25.